The lowest BCUT2D eigenvalue weighted by Gasteiger charge is -2.17. The van der Waals surface area contributed by atoms with E-state index >= 15 is 0 Å². The highest BCUT2D eigenvalue weighted by atomic mass is 35.7. The number of halogens is 3. The van der Waals surface area contributed by atoms with Gasteiger partial charge in [-0.25, -0.2) is 23.1 Å². The predicted octanol–water partition coefficient (Wildman–Crippen LogP) is 1.26. The van der Waals surface area contributed by atoms with Gasteiger partial charge >= 0.3 is 11.5 Å². The summed E-state index contributed by atoms with van der Waals surface area (Å²) in [5, 5.41) is 2.89. The van der Waals surface area contributed by atoms with Crippen molar-refractivity contribution >= 4 is 34.0 Å². The van der Waals surface area contributed by atoms with Gasteiger partial charge < -0.3 is 9.47 Å². The lowest BCUT2D eigenvalue weighted by molar-refractivity contribution is -2.00. The van der Waals surface area contributed by atoms with Crippen LogP contribution in [0.5, 0.6) is 11.5 Å². The lowest BCUT2D eigenvalue weighted by Crippen LogP contribution is -2.68. The standard InChI is InChI=1S/C18H15Cl2O3.ClHO4/c1-10-6-12-8-16(21-2)17(22-3)9-13(12)18(23-10)11-4-5-14(19)15(20)7-11;2-1(3,4)5/h4-9H,1-3H3;(H,2,3,4,5)/q+1;/p-1. The van der Waals surface area contributed by atoms with Crippen molar-refractivity contribution in [2.75, 3.05) is 14.2 Å². The summed E-state index contributed by atoms with van der Waals surface area (Å²) in [6.07, 6.45) is 0. The molecule has 0 radical (unpaired) electrons. The molecule has 0 fully saturated rings. The Morgan fingerprint density at radius 1 is 0.857 bits per heavy atom. The van der Waals surface area contributed by atoms with Crippen LogP contribution in [-0.4, -0.2) is 14.2 Å². The monoisotopic (exact) mass is 448 g/mol. The molecule has 0 unspecified atom stereocenters. The van der Waals surface area contributed by atoms with Gasteiger partial charge in [-0.3, -0.25) is 0 Å². The highest BCUT2D eigenvalue weighted by Crippen LogP contribution is 2.39. The van der Waals surface area contributed by atoms with Crippen LogP contribution in [0.15, 0.2) is 40.8 Å². The van der Waals surface area contributed by atoms with Gasteiger partial charge in [0.05, 0.1) is 42.1 Å². The van der Waals surface area contributed by atoms with Gasteiger partial charge in [0.25, 0.3) is 0 Å². The second-order valence-electron chi connectivity index (χ2n) is 5.49. The molecule has 10 heteroatoms. The summed E-state index contributed by atoms with van der Waals surface area (Å²) in [5.41, 5.74) is 0.848. The molecule has 0 spiro atoms. The Balaban J connectivity index is 0.000000500. The van der Waals surface area contributed by atoms with Crippen LogP contribution in [0.25, 0.3) is 22.1 Å². The van der Waals surface area contributed by atoms with E-state index in [1.807, 2.05) is 31.2 Å². The first-order valence-corrected chi connectivity index (χ1v) is 9.59. The smallest absolute Gasteiger partial charge is 0.368 e. The molecule has 3 aromatic rings. The van der Waals surface area contributed by atoms with Crippen molar-refractivity contribution in [3.8, 4) is 22.8 Å². The molecule has 1 aromatic heterocycles. The molecule has 0 bridgehead atoms. The Labute approximate surface area is 173 Å². The van der Waals surface area contributed by atoms with Gasteiger partial charge in [-0.1, -0.05) is 23.2 Å². The zero-order valence-corrected chi connectivity index (χ0v) is 17.2. The van der Waals surface area contributed by atoms with Crippen molar-refractivity contribution in [2.45, 2.75) is 6.92 Å². The molecule has 0 aliphatic carbocycles. The molecule has 0 saturated carbocycles. The van der Waals surface area contributed by atoms with E-state index in [4.69, 9.17) is 55.7 Å². The zero-order valence-electron chi connectivity index (χ0n) is 15.0. The number of methoxy groups -OCH3 is 2. The molecule has 0 saturated heterocycles. The van der Waals surface area contributed by atoms with Crippen molar-refractivity contribution in [3.05, 3.63) is 52.2 Å². The summed E-state index contributed by atoms with van der Waals surface area (Å²) in [5.74, 6) is 2.80. The quantitative estimate of drug-likeness (QED) is 0.552. The summed E-state index contributed by atoms with van der Waals surface area (Å²) in [6, 6.07) is 11.2. The molecule has 7 nitrogen and oxygen atoms in total. The van der Waals surface area contributed by atoms with Gasteiger partial charge in [0.2, 0.25) is 0 Å². The SMILES string of the molecule is COc1cc2cc(C)[o+]c(-c3ccc(Cl)c(Cl)c3)c2cc1OC.[O-][Cl+3]([O-])([O-])[O-]. The van der Waals surface area contributed by atoms with Crippen LogP contribution in [-0.2, 0) is 0 Å². The Hall–Kier alpha value is -1.84. The summed E-state index contributed by atoms with van der Waals surface area (Å²) in [7, 11) is -1.72. The molecule has 2 aromatic carbocycles. The Morgan fingerprint density at radius 2 is 1.43 bits per heavy atom. The van der Waals surface area contributed by atoms with Crippen molar-refractivity contribution in [1.29, 1.82) is 0 Å². The maximum absolute atomic E-state index is 8.49. The zero-order chi connectivity index (χ0) is 21.1. The molecule has 3 rings (SSSR count). The maximum Gasteiger partial charge on any atom is 0.368 e. The number of ether oxygens (including phenoxy) is 2. The average Bonchev–Trinajstić information content (AvgIpc) is 2.60. The average molecular weight is 450 g/mol. The number of rotatable bonds is 3. The first kappa shape index (κ1) is 22.4. The van der Waals surface area contributed by atoms with Crippen LogP contribution in [0, 0.1) is 17.2 Å². The van der Waals surface area contributed by atoms with Crippen molar-refractivity contribution in [3.63, 3.8) is 0 Å². The van der Waals surface area contributed by atoms with Crippen LogP contribution in [0.4, 0.5) is 0 Å². The third-order valence-electron chi connectivity index (χ3n) is 3.60. The van der Waals surface area contributed by atoms with Gasteiger partial charge in [0.1, 0.15) is 0 Å². The van der Waals surface area contributed by atoms with Gasteiger partial charge in [-0.2, -0.15) is 0 Å². The van der Waals surface area contributed by atoms with Crippen LogP contribution in [0.2, 0.25) is 10.0 Å². The number of fused-ring (bicyclic) bond motifs is 1. The summed E-state index contributed by atoms with van der Waals surface area (Å²) >= 11 is 12.1. The normalized spacial score (nSPS) is 11.0. The van der Waals surface area contributed by atoms with Gasteiger partial charge in [-0.05, 0) is 24.3 Å². The molecule has 0 aliphatic rings. The molecule has 0 atom stereocenters. The van der Waals surface area contributed by atoms with E-state index in [0.717, 1.165) is 22.1 Å². The molecule has 0 amide bonds. The van der Waals surface area contributed by atoms with E-state index in [2.05, 4.69) is 0 Å². The number of aryl methyl sites for hydroxylation is 1. The third-order valence-corrected chi connectivity index (χ3v) is 4.34. The molecule has 150 valence electrons. The van der Waals surface area contributed by atoms with E-state index in [1.54, 1.807) is 26.4 Å². The molecule has 0 N–H and O–H groups in total. The Kier molecular flexibility index (Phi) is 7.30. The second kappa shape index (κ2) is 9.11. The number of hydrogen-bond donors (Lipinski definition) is 0. The minimum atomic E-state index is -4.94. The first-order chi connectivity index (χ1) is 13.0. The topological polar surface area (TPSA) is 122 Å². The molecular formula is C18H15Cl3O7. The fraction of sp³-hybridized carbons (Fsp3) is 0.167. The van der Waals surface area contributed by atoms with Crippen LogP contribution >= 0.6 is 23.2 Å². The van der Waals surface area contributed by atoms with Crippen molar-refractivity contribution in [1.82, 2.24) is 0 Å². The first-order valence-electron chi connectivity index (χ1n) is 7.60. The lowest BCUT2D eigenvalue weighted by atomic mass is 10.0. The highest BCUT2D eigenvalue weighted by Gasteiger charge is 2.22. The van der Waals surface area contributed by atoms with Crippen LogP contribution < -0.4 is 28.1 Å². The van der Waals surface area contributed by atoms with E-state index in [-0.39, 0.29) is 0 Å². The summed E-state index contributed by atoms with van der Waals surface area (Å²) in [4.78, 5) is 0. The van der Waals surface area contributed by atoms with E-state index < -0.39 is 10.2 Å². The van der Waals surface area contributed by atoms with Gasteiger partial charge in [0, 0.05) is 17.5 Å². The molecular weight excluding hydrogens is 435 g/mol. The van der Waals surface area contributed by atoms with Gasteiger partial charge in [0.15, 0.2) is 11.5 Å². The number of benzene rings is 2. The van der Waals surface area contributed by atoms with E-state index in [0.29, 0.717) is 27.3 Å². The van der Waals surface area contributed by atoms with Crippen LogP contribution in [0.3, 0.4) is 0 Å². The predicted molar refractivity (Wildman–Crippen MR) is 93.9 cm³/mol. The maximum atomic E-state index is 8.49. The number of hydrogen-bond acceptors (Lipinski definition) is 6. The fourth-order valence-corrected chi connectivity index (χ4v) is 2.83. The largest absolute Gasteiger partial charge is 0.493 e. The summed E-state index contributed by atoms with van der Waals surface area (Å²) in [6.45, 7) is 1.90. The van der Waals surface area contributed by atoms with Crippen molar-refractivity contribution in [2.24, 2.45) is 0 Å². The molecule has 0 aliphatic heterocycles. The summed E-state index contributed by atoms with van der Waals surface area (Å²) < 4.78 is 50.7. The Bertz CT molecular complexity index is 981. The highest BCUT2D eigenvalue weighted by molar-refractivity contribution is 6.42. The van der Waals surface area contributed by atoms with E-state index in [9.17, 15) is 0 Å². The van der Waals surface area contributed by atoms with Crippen LogP contribution in [0.1, 0.15) is 5.76 Å². The van der Waals surface area contributed by atoms with E-state index in [1.165, 1.54) is 0 Å². The van der Waals surface area contributed by atoms with Crippen molar-refractivity contribution < 1.29 is 42.8 Å². The molecule has 1 heterocycles. The fourth-order valence-electron chi connectivity index (χ4n) is 2.53. The third kappa shape index (κ3) is 5.83. The molecule has 28 heavy (non-hydrogen) atoms. The second-order valence-corrected chi connectivity index (χ2v) is 7.06. The minimum absolute atomic E-state index is 0.481. The van der Waals surface area contributed by atoms with Gasteiger partial charge in [-0.15, -0.1) is 10.2 Å². The Morgan fingerprint density at radius 3 is 1.96 bits per heavy atom. The minimum Gasteiger partial charge on any atom is -0.493 e.